The Labute approximate surface area is 103 Å². The largest absolute Gasteiger partial charge is 0.219 e. The van der Waals surface area contributed by atoms with Gasteiger partial charge >= 0.3 is 0 Å². The molecule has 0 aromatic heterocycles. The van der Waals surface area contributed by atoms with Crippen LogP contribution in [-0.4, -0.2) is 8.42 Å². The zero-order chi connectivity index (χ0) is 12.9. The quantitative estimate of drug-likeness (QED) is 0.765. The number of aryl methyl sites for hydroxylation is 1. The summed E-state index contributed by atoms with van der Waals surface area (Å²) in [5, 5.41) is 0. The first-order valence-corrected chi connectivity index (χ1v) is 6.78. The molecular formula is C14H16O2S. The van der Waals surface area contributed by atoms with Crippen LogP contribution in [0, 0.1) is 6.92 Å². The fraction of sp³-hybridized carbons (Fsp3) is 0.143. The Morgan fingerprint density at radius 1 is 1.24 bits per heavy atom. The fourth-order valence-electron chi connectivity index (χ4n) is 1.36. The number of benzene rings is 1. The lowest BCUT2D eigenvalue weighted by Crippen LogP contribution is -2.02. The molecule has 90 valence electrons. The van der Waals surface area contributed by atoms with E-state index in [4.69, 9.17) is 0 Å². The third kappa shape index (κ3) is 3.17. The number of rotatable bonds is 4. The maximum Gasteiger partial charge on any atom is 0.206 e. The van der Waals surface area contributed by atoms with Crippen LogP contribution in [0.1, 0.15) is 12.5 Å². The summed E-state index contributed by atoms with van der Waals surface area (Å²) in [6.07, 6.45) is 6.28. The Hall–Kier alpha value is -1.61. The van der Waals surface area contributed by atoms with Crippen LogP contribution in [0.25, 0.3) is 0 Å². The summed E-state index contributed by atoms with van der Waals surface area (Å²) in [6.45, 7) is 7.15. The van der Waals surface area contributed by atoms with E-state index in [0.29, 0.717) is 4.90 Å². The molecular weight excluding hydrogens is 232 g/mol. The molecule has 2 nitrogen and oxygen atoms in total. The molecule has 0 aliphatic rings. The van der Waals surface area contributed by atoms with Crippen molar-refractivity contribution in [2.45, 2.75) is 18.7 Å². The maximum absolute atomic E-state index is 12.2. The summed E-state index contributed by atoms with van der Waals surface area (Å²) in [7, 11) is -3.41. The van der Waals surface area contributed by atoms with Gasteiger partial charge in [-0.05, 0) is 32.1 Å². The minimum atomic E-state index is -3.41. The van der Waals surface area contributed by atoms with Crippen molar-refractivity contribution >= 4 is 9.84 Å². The van der Waals surface area contributed by atoms with Gasteiger partial charge in [0, 0.05) is 0 Å². The van der Waals surface area contributed by atoms with Crippen LogP contribution in [0.4, 0.5) is 0 Å². The average Bonchev–Trinajstić information content (AvgIpc) is 2.30. The Bertz CT molecular complexity index is 546. The third-order valence-electron chi connectivity index (χ3n) is 2.32. The molecule has 17 heavy (non-hydrogen) atoms. The van der Waals surface area contributed by atoms with Crippen LogP contribution in [0.3, 0.4) is 0 Å². The van der Waals surface area contributed by atoms with Crippen LogP contribution in [0.2, 0.25) is 0 Å². The summed E-state index contributed by atoms with van der Waals surface area (Å²) in [5.74, 6) is 0. The van der Waals surface area contributed by atoms with Gasteiger partial charge in [-0.25, -0.2) is 8.42 Å². The molecule has 1 aromatic carbocycles. The zero-order valence-electron chi connectivity index (χ0n) is 10.1. The molecule has 0 fully saturated rings. The van der Waals surface area contributed by atoms with Gasteiger partial charge in [-0.1, -0.05) is 42.5 Å². The number of hydrogen-bond donors (Lipinski definition) is 0. The summed E-state index contributed by atoms with van der Waals surface area (Å²) < 4.78 is 24.5. The summed E-state index contributed by atoms with van der Waals surface area (Å²) in [6, 6.07) is 6.82. The lowest BCUT2D eigenvalue weighted by molar-refractivity contribution is 0.603. The molecule has 0 unspecified atom stereocenters. The molecule has 0 N–H and O–H groups in total. The second kappa shape index (κ2) is 5.64. The molecule has 3 heteroatoms. The van der Waals surface area contributed by atoms with Gasteiger partial charge in [0.1, 0.15) is 0 Å². The van der Waals surface area contributed by atoms with Crippen molar-refractivity contribution in [2.24, 2.45) is 0 Å². The molecule has 1 rings (SSSR count). The minimum Gasteiger partial charge on any atom is -0.219 e. The van der Waals surface area contributed by atoms with Crippen molar-refractivity contribution in [3.8, 4) is 0 Å². The van der Waals surface area contributed by atoms with Crippen LogP contribution < -0.4 is 0 Å². The summed E-state index contributed by atoms with van der Waals surface area (Å²) in [4.78, 5) is 0.589. The van der Waals surface area contributed by atoms with Crippen LogP contribution in [0.5, 0.6) is 0 Å². The maximum atomic E-state index is 12.2. The SMILES string of the molecule is C=C/C=C\C(=C/C)S(=O)(=O)c1ccc(C)cc1. The molecule has 0 bridgehead atoms. The van der Waals surface area contributed by atoms with Crippen molar-refractivity contribution in [3.05, 3.63) is 65.6 Å². The Morgan fingerprint density at radius 3 is 2.29 bits per heavy atom. The lowest BCUT2D eigenvalue weighted by Gasteiger charge is -2.05. The van der Waals surface area contributed by atoms with Crippen molar-refractivity contribution in [3.63, 3.8) is 0 Å². The van der Waals surface area contributed by atoms with E-state index in [2.05, 4.69) is 6.58 Å². The predicted molar refractivity (Wildman–Crippen MR) is 71.5 cm³/mol. The molecule has 0 saturated heterocycles. The third-order valence-corrected chi connectivity index (χ3v) is 4.21. The monoisotopic (exact) mass is 248 g/mol. The molecule has 0 radical (unpaired) electrons. The lowest BCUT2D eigenvalue weighted by atomic mass is 10.2. The second-order valence-corrected chi connectivity index (χ2v) is 5.55. The normalized spacial score (nSPS) is 12.9. The Morgan fingerprint density at radius 2 is 1.82 bits per heavy atom. The number of sulfone groups is 1. The highest BCUT2D eigenvalue weighted by Gasteiger charge is 2.17. The average molecular weight is 248 g/mol. The van der Waals surface area contributed by atoms with E-state index in [1.807, 2.05) is 6.92 Å². The van der Waals surface area contributed by atoms with Crippen molar-refractivity contribution in [1.82, 2.24) is 0 Å². The molecule has 0 aliphatic heterocycles. The molecule has 0 atom stereocenters. The highest BCUT2D eigenvalue weighted by Crippen LogP contribution is 2.20. The van der Waals surface area contributed by atoms with Crippen LogP contribution in [-0.2, 0) is 9.84 Å². The minimum absolute atomic E-state index is 0.279. The standard InChI is InChI=1S/C14H16O2S/c1-4-6-7-13(5-2)17(15,16)14-10-8-12(3)9-11-14/h4-11H,1H2,2-3H3/b7-6-,13-5+. The highest BCUT2D eigenvalue weighted by molar-refractivity contribution is 7.95. The first-order chi connectivity index (χ1) is 8.02. The topological polar surface area (TPSA) is 34.1 Å². The van der Waals surface area contributed by atoms with Gasteiger partial charge in [-0.15, -0.1) is 0 Å². The number of allylic oxidation sites excluding steroid dienone is 4. The van der Waals surface area contributed by atoms with Gasteiger partial charge in [-0.2, -0.15) is 0 Å². The summed E-state index contributed by atoms with van der Waals surface area (Å²) in [5.41, 5.74) is 1.03. The summed E-state index contributed by atoms with van der Waals surface area (Å²) >= 11 is 0. The molecule has 0 aliphatic carbocycles. The van der Waals surface area contributed by atoms with E-state index in [9.17, 15) is 8.42 Å². The van der Waals surface area contributed by atoms with Crippen molar-refractivity contribution in [1.29, 1.82) is 0 Å². The van der Waals surface area contributed by atoms with Gasteiger partial charge in [0.05, 0.1) is 9.80 Å². The van der Waals surface area contributed by atoms with E-state index in [-0.39, 0.29) is 4.91 Å². The van der Waals surface area contributed by atoms with Gasteiger partial charge in [0.15, 0.2) is 0 Å². The second-order valence-electron chi connectivity index (χ2n) is 3.60. The molecule has 0 heterocycles. The smallest absolute Gasteiger partial charge is 0.206 e. The van der Waals surface area contributed by atoms with Crippen LogP contribution >= 0.6 is 0 Å². The predicted octanol–water partition coefficient (Wildman–Crippen LogP) is 3.41. The number of hydrogen-bond acceptors (Lipinski definition) is 2. The van der Waals surface area contributed by atoms with E-state index in [0.717, 1.165) is 5.56 Å². The first-order valence-electron chi connectivity index (χ1n) is 5.29. The van der Waals surface area contributed by atoms with Crippen molar-refractivity contribution < 1.29 is 8.42 Å². The van der Waals surface area contributed by atoms with Gasteiger partial charge in [0.25, 0.3) is 0 Å². The van der Waals surface area contributed by atoms with Gasteiger partial charge in [0.2, 0.25) is 9.84 Å². The molecule has 0 saturated carbocycles. The first kappa shape index (κ1) is 13.5. The molecule has 0 amide bonds. The van der Waals surface area contributed by atoms with E-state index >= 15 is 0 Å². The Kier molecular flexibility index (Phi) is 4.46. The zero-order valence-corrected chi connectivity index (χ0v) is 10.9. The van der Waals surface area contributed by atoms with E-state index in [1.165, 1.54) is 0 Å². The van der Waals surface area contributed by atoms with E-state index < -0.39 is 9.84 Å². The molecule has 0 spiro atoms. The highest BCUT2D eigenvalue weighted by atomic mass is 32.2. The fourth-order valence-corrected chi connectivity index (χ4v) is 2.69. The van der Waals surface area contributed by atoms with Gasteiger partial charge < -0.3 is 0 Å². The van der Waals surface area contributed by atoms with E-state index in [1.54, 1.807) is 55.5 Å². The van der Waals surface area contributed by atoms with Crippen LogP contribution in [0.15, 0.2) is 64.9 Å². The van der Waals surface area contributed by atoms with Gasteiger partial charge in [-0.3, -0.25) is 0 Å². The van der Waals surface area contributed by atoms with Crippen molar-refractivity contribution in [2.75, 3.05) is 0 Å². The Balaban J connectivity index is 3.23. The molecule has 1 aromatic rings.